The summed E-state index contributed by atoms with van der Waals surface area (Å²) < 4.78 is 16.9. The molecule has 0 aliphatic carbocycles. The van der Waals surface area contributed by atoms with Gasteiger partial charge < -0.3 is 19.5 Å². The van der Waals surface area contributed by atoms with Gasteiger partial charge in [-0.3, -0.25) is 0 Å². The Hall–Kier alpha value is -1.40. The third-order valence-corrected chi connectivity index (χ3v) is 4.30. The maximum absolute atomic E-state index is 6.38. The van der Waals surface area contributed by atoms with Crippen molar-refractivity contribution < 1.29 is 14.2 Å². The Labute approximate surface area is 126 Å². The van der Waals surface area contributed by atoms with Crippen LogP contribution in [-0.2, 0) is 0 Å². The second-order valence-electron chi connectivity index (χ2n) is 4.04. The molecule has 0 saturated heterocycles. The minimum absolute atomic E-state index is 0.458. The van der Waals surface area contributed by atoms with Gasteiger partial charge in [0.15, 0.2) is 16.6 Å². The summed E-state index contributed by atoms with van der Waals surface area (Å²) in [4.78, 5) is 4.53. The molecule has 110 valence electrons. The molecule has 2 rings (SSSR count). The average molecular weight is 317 g/mol. The standard InChI is InChI=1S/C13H17ClN2O3S/c1-5-6-15-13-16-8-10(18-3)11(19-4)9(17-2)7(14)12(8)20-13/h5-6H2,1-4H3,(H,15,16). The van der Waals surface area contributed by atoms with E-state index >= 15 is 0 Å². The van der Waals surface area contributed by atoms with Crippen molar-refractivity contribution in [2.45, 2.75) is 13.3 Å². The number of nitrogens with zero attached hydrogens (tertiary/aromatic N) is 1. The van der Waals surface area contributed by atoms with E-state index in [-0.39, 0.29) is 0 Å². The van der Waals surface area contributed by atoms with Gasteiger partial charge in [-0.1, -0.05) is 29.9 Å². The van der Waals surface area contributed by atoms with Gasteiger partial charge in [0.05, 0.1) is 26.0 Å². The van der Waals surface area contributed by atoms with Gasteiger partial charge in [0, 0.05) is 6.54 Å². The summed E-state index contributed by atoms with van der Waals surface area (Å²) in [6, 6.07) is 0. The molecule has 2 aromatic rings. The Morgan fingerprint density at radius 1 is 1.10 bits per heavy atom. The number of benzene rings is 1. The topological polar surface area (TPSA) is 52.6 Å². The van der Waals surface area contributed by atoms with E-state index in [0.717, 1.165) is 22.8 Å². The van der Waals surface area contributed by atoms with Crippen molar-refractivity contribution in [3.05, 3.63) is 5.02 Å². The molecular weight excluding hydrogens is 300 g/mol. The highest BCUT2D eigenvalue weighted by atomic mass is 35.5. The largest absolute Gasteiger partial charge is 0.491 e. The Morgan fingerprint density at radius 2 is 1.75 bits per heavy atom. The van der Waals surface area contributed by atoms with Gasteiger partial charge in [-0.25, -0.2) is 4.98 Å². The van der Waals surface area contributed by atoms with Gasteiger partial charge in [0.1, 0.15) is 10.5 Å². The Balaban J connectivity index is 2.67. The van der Waals surface area contributed by atoms with E-state index < -0.39 is 0 Å². The molecule has 5 nitrogen and oxygen atoms in total. The normalized spacial score (nSPS) is 10.7. The molecule has 0 aliphatic heterocycles. The summed E-state index contributed by atoms with van der Waals surface area (Å²) >= 11 is 7.86. The highest BCUT2D eigenvalue weighted by Crippen LogP contribution is 2.51. The van der Waals surface area contributed by atoms with Crippen LogP contribution in [0, 0.1) is 0 Å². The second kappa shape index (κ2) is 6.37. The average Bonchev–Trinajstić information content (AvgIpc) is 2.89. The number of anilines is 1. The van der Waals surface area contributed by atoms with Gasteiger partial charge in [-0.15, -0.1) is 0 Å². The molecule has 0 amide bonds. The number of hydrogen-bond donors (Lipinski definition) is 1. The molecule has 0 fully saturated rings. The van der Waals surface area contributed by atoms with Crippen LogP contribution in [0.5, 0.6) is 17.2 Å². The van der Waals surface area contributed by atoms with Crippen LogP contribution in [0.2, 0.25) is 5.02 Å². The quantitative estimate of drug-likeness (QED) is 0.878. The van der Waals surface area contributed by atoms with Crippen molar-refractivity contribution in [2.24, 2.45) is 0 Å². The molecule has 0 atom stereocenters. The SMILES string of the molecule is CCCNc1nc2c(OC)c(OC)c(OC)c(Cl)c2s1. The van der Waals surface area contributed by atoms with Crippen LogP contribution in [0.15, 0.2) is 0 Å². The van der Waals surface area contributed by atoms with Crippen LogP contribution in [-0.4, -0.2) is 32.9 Å². The zero-order valence-electron chi connectivity index (χ0n) is 11.9. The highest BCUT2D eigenvalue weighted by molar-refractivity contribution is 7.22. The lowest BCUT2D eigenvalue weighted by Crippen LogP contribution is -1.98. The summed E-state index contributed by atoms with van der Waals surface area (Å²) in [6.45, 7) is 2.95. The van der Waals surface area contributed by atoms with E-state index in [0.29, 0.717) is 27.8 Å². The highest BCUT2D eigenvalue weighted by Gasteiger charge is 2.24. The molecule has 0 radical (unpaired) electrons. The van der Waals surface area contributed by atoms with Gasteiger partial charge in [-0.05, 0) is 6.42 Å². The fourth-order valence-electron chi connectivity index (χ4n) is 1.90. The molecule has 1 aromatic heterocycles. The first-order chi connectivity index (χ1) is 9.67. The number of fused-ring (bicyclic) bond motifs is 1. The first-order valence-corrected chi connectivity index (χ1v) is 7.39. The smallest absolute Gasteiger partial charge is 0.207 e. The lowest BCUT2D eigenvalue weighted by atomic mass is 10.2. The molecule has 1 N–H and O–H groups in total. The maximum atomic E-state index is 6.38. The van der Waals surface area contributed by atoms with E-state index in [1.54, 1.807) is 21.3 Å². The number of thiazole rings is 1. The predicted molar refractivity (Wildman–Crippen MR) is 83.1 cm³/mol. The van der Waals surface area contributed by atoms with Crippen LogP contribution in [0.3, 0.4) is 0 Å². The number of nitrogens with one attached hydrogen (secondary N) is 1. The zero-order valence-corrected chi connectivity index (χ0v) is 13.4. The Bertz CT molecular complexity index is 615. The maximum Gasteiger partial charge on any atom is 0.207 e. The van der Waals surface area contributed by atoms with E-state index in [1.165, 1.54) is 11.3 Å². The molecule has 1 heterocycles. The van der Waals surface area contributed by atoms with Gasteiger partial charge >= 0.3 is 0 Å². The summed E-state index contributed by atoms with van der Waals surface area (Å²) in [6.07, 6.45) is 1.02. The third-order valence-electron chi connectivity index (χ3n) is 2.79. The predicted octanol–water partition coefficient (Wildman–Crippen LogP) is 3.80. The number of aromatic nitrogens is 1. The first-order valence-electron chi connectivity index (χ1n) is 6.19. The lowest BCUT2D eigenvalue weighted by Gasteiger charge is -2.13. The molecule has 0 unspecified atom stereocenters. The Morgan fingerprint density at radius 3 is 2.30 bits per heavy atom. The minimum Gasteiger partial charge on any atom is -0.491 e. The summed E-state index contributed by atoms with van der Waals surface area (Å²) in [5.74, 6) is 1.45. The molecule has 0 aliphatic rings. The van der Waals surface area contributed by atoms with E-state index in [4.69, 9.17) is 25.8 Å². The van der Waals surface area contributed by atoms with Crippen LogP contribution in [0.25, 0.3) is 10.2 Å². The van der Waals surface area contributed by atoms with Crippen LogP contribution < -0.4 is 19.5 Å². The van der Waals surface area contributed by atoms with Crippen molar-refractivity contribution >= 4 is 38.3 Å². The van der Waals surface area contributed by atoms with Crippen molar-refractivity contribution in [3.8, 4) is 17.2 Å². The van der Waals surface area contributed by atoms with Gasteiger partial charge in [0.2, 0.25) is 5.75 Å². The molecule has 0 saturated carbocycles. The van der Waals surface area contributed by atoms with Crippen molar-refractivity contribution in [1.82, 2.24) is 4.98 Å². The first kappa shape index (κ1) is 15.0. The monoisotopic (exact) mass is 316 g/mol. The Kier molecular flexibility index (Phi) is 4.77. The number of methoxy groups -OCH3 is 3. The third kappa shape index (κ3) is 2.45. The van der Waals surface area contributed by atoms with E-state index in [1.807, 2.05) is 0 Å². The molecule has 20 heavy (non-hydrogen) atoms. The molecule has 1 aromatic carbocycles. The number of halogens is 1. The summed E-state index contributed by atoms with van der Waals surface area (Å²) in [5.41, 5.74) is 0.679. The summed E-state index contributed by atoms with van der Waals surface area (Å²) in [7, 11) is 4.67. The fraction of sp³-hybridized carbons (Fsp3) is 0.462. The molecular formula is C13H17ClN2O3S. The summed E-state index contributed by atoms with van der Waals surface area (Å²) in [5, 5.41) is 4.54. The van der Waals surface area contributed by atoms with Crippen molar-refractivity contribution in [3.63, 3.8) is 0 Å². The zero-order chi connectivity index (χ0) is 14.7. The van der Waals surface area contributed by atoms with Gasteiger partial charge in [-0.2, -0.15) is 0 Å². The van der Waals surface area contributed by atoms with Gasteiger partial charge in [0.25, 0.3) is 0 Å². The number of ether oxygens (including phenoxy) is 3. The lowest BCUT2D eigenvalue weighted by molar-refractivity contribution is 0.327. The number of rotatable bonds is 6. The van der Waals surface area contributed by atoms with Crippen LogP contribution in [0.4, 0.5) is 5.13 Å². The van der Waals surface area contributed by atoms with E-state index in [2.05, 4.69) is 17.2 Å². The number of hydrogen-bond acceptors (Lipinski definition) is 6. The molecule has 7 heteroatoms. The van der Waals surface area contributed by atoms with Crippen molar-refractivity contribution in [2.75, 3.05) is 33.2 Å². The van der Waals surface area contributed by atoms with Crippen LogP contribution >= 0.6 is 22.9 Å². The second-order valence-corrected chi connectivity index (χ2v) is 5.41. The minimum atomic E-state index is 0.458. The van der Waals surface area contributed by atoms with Crippen LogP contribution in [0.1, 0.15) is 13.3 Å². The van der Waals surface area contributed by atoms with E-state index in [9.17, 15) is 0 Å². The fourth-order valence-corrected chi connectivity index (χ4v) is 3.19. The molecule has 0 spiro atoms. The van der Waals surface area contributed by atoms with Crippen molar-refractivity contribution in [1.29, 1.82) is 0 Å². The molecule has 0 bridgehead atoms.